The van der Waals surface area contributed by atoms with E-state index in [2.05, 4.69) is 10.6 Å². The maximum absolute atomic E-state index is 11.7. The molecule has 0 radical (unpaired) electrons. The number of carbonyl (C=O) groups is 3. The van der Waals surface area contributed by atoms with Crippen LogP contribution in [0.15, 0.2) is 18.2 Å². The molecule has 3 amide bonds. The molecule has 0 aliphatic carbocycles. The van der Waals surface area contributed by atoms with E-state index in [1.165, 1.54) is 0 Å². The topological polar surface area (TPSA) is 95.5 Å². The van der Waals surface area contributed by atoms with Gasteiger partial charge in [-0.3, -0.25) is 14.9 Å². The van der Waals surface area contributed by atoms with Crippen LogP contribution in [0.4, 0.5) is 10.5 Å². The molecule has 0 aliphatic heterocycles. The third kappa shape index (κ3) is 6.76. The van der Waals surface area contributed by atoms with Crippen LogP contribution in [-0.4, -0.2) is 23.0 Å². The van der Waals surface area contributed by atoms with Gasteiger partial charge < -0.3 is 10.4 Å². The van der Waals surface area contributed by atoms with Crippen molar-refractivity contribution >= 4 is 57.8 Å². The molecular formula is C13H14ClIN2O4. The van der Waals surface area contributed by atoms with E-state index in [1.807, 2.05) is 22.6 Å². The molecule has 0 bridgehead atoms. The molecule has 21 heavy (non-hydrogen) atoms. The van der Waals surface area contributed by atoms with Gasteiger partial charge in [-0.2, -0.15) is 0 Å². The van der Waals surface area contributed by atoms with Crippen molar-refractivity contribution in [1.82, 2.24) is 5.32 Å². The number of urea groups is 1. The van der Waals surface area contributed by atoms with E-state index in [-0.39, 0.29) is 18.8 Å². The summed E-state index contributed by atoms with van der Waals surface area (Å²) in [7, 11) is 0. The van der Waals surface area contributed by atoms with Crippen molar-refractivity contribution in [2.24, 2.45) is 5.92 Å². The van der Waals surface area contributed by atoms with Crippen LogP contribution in [0.25, 0.3) is 0 Å². The summed E-state index contributed by atoms with van der Waals surface area (Å²) in [5, 5.41) is 13.8. The van der Waals surface area contributed by atoms with Crippen molar-refractivity contribution in [3.8, 4) is 0 Å². The number of benzene rings is 1. The van der Waals surface area contributed by atoms with E-state index in [0.717, 1.165) is 3.57 Å². The van der Waals surface area contributed by atoms with E-state index < -0.39 is 17.9 Å². The van der Waals surface area contributed by atoms with Crippen molar-refractivity contribution in [3.05, 3.63) is 26.8 Å². The van der Waals surface area contributed by atoms with E-state index in [1.54, 1.807) is 25.1 Å². The zero-order valence-corrected chi connectivity index (χ0v) is 14.1. The number of imide groups is 1. The fraction of sp³-hybridized carbons (Fsp3) is 0.308. The Morgan fingerprint density at radius 1 is 1.33 bits per heavy atom. The average molecular weight is 425 g/mol. The van der Waals surface area contributed by atoms with Crippen molar-refractivity contribution in [3.63, 3.8) is 0 Å². The van der Waals surface area contributed by atoms with E-state index in [0.29, 0.717) is 10.7 Å². The van der Waals surface area contributed by atoms with Crippen molar-refractivity contribution < 1.29 is 19.5 Å². The molecular weight excluding hydrogens is 411 g/mol. The summed E-state index contributed by atoms with van der Waals surface area (Å²) in [5.74, 6) is -1.84. The number of aliphatic carboxylic acids is 1. The molecule has 0 aliphatic rings. The van der Waals surface area contributed by atoms with E-state index in [9.17, 15) is 14.4 Å². The number of carboxylic acid groups (broad SMARTS) is 1. The molecule has 0 saturated carbocycles. The third-order valence-corrected chi connectivity index (χ3v) is 3.62. The highest BCUT2D eigenvalue weighted by atomic mass is 127. The Labute approximate surface area is 140 Å². The Morgan fingerprint density at radius 3 is 2.57 bits per heavy atom. The molecule has 1 aromatic carbocycles. The summed E-state index contributed by atoms with van der Waals surface area (Å²) in [6, 6.07) is 4.26. The lowest BCUT2D eigenvalue weighted by atomic mass is 10.0. The Hall–Kier alpha value is -1.35. The standard InChI is InChI=1S/C13H14ClIN2O4/c1-7(5-12(19)20)4-11(18)17-13(21)16-10-3-2-8(14)6-9(10)15/h2-3,6-7H,4-5H2,1H3,(H,19,20)(H2,16,17,18,21). The number of halogens is 2. The molecule has 0 spiro atoms. The van der Waals surface area contributed by atoms with E-state index >= 15 is 0 Å². The first-order valence-corrected chi connectivity index (χ1v) is 7.51. The number of nitrogens with one attached hydrogen (secondary N) is 2. The smallest absolute Gasteiger partial charge is 0.325 e. The first-order chi connectivity index (χ1) is 9.77. The minimum Gasteiger partial charge on any atom is -0.481 e. The molecule has 0 heterocycles. The fourth-order valence-electron chi connectivity index (χ4n) is 1.61. The number of hydrogen-bond acceptors (Lipinski definition) is 3. The van der Waals surface area contributed by atoms with Gasteiger partial charge in [-0.25, -0.2) is 4.79 Å². The SMILES string of the molecule is CC(CC(=O)O)CC(=O)NC(=O)Nc1ccc(Cl)cc1I. The van der Waals surface area contributed by atoms with Crippen LogP contribution in [0.3, 0.4) is 0 Å². The van der Waals surface area contributed by atoms with Crippen LogP contribution in [-0.2, 0) is 9.59 Å². The van der Waals surface area contributed by atoms with Gasteiger partial charge in [0.1, 0.15) is 0 Å². The summed E-state index contributed by atoms with van der Waals surface area (Å²) in [6.07, 6.45) is -0.151. The highest BCUT2D eigenvalue weighted by molar-refractivity contribution is 14.1. The second-order valence-electron chi connectivity index (χ2n) is 4.53. The highest BCUT2D eigenvalue weighted by Gasteiger charge is 2.15. The molecule has 114 valence electrons. The number of carbonyl (C=O) groups excluding carboxylic acids is 2. The molecule has 1 aromatic rings. The molecule has 0 saturated heterocycles. The molecule has 1 unspecified atom stereocenters. The molecule has 1 atom stereocenters. The van der Waals surface area contributed by atoms with Gasteiger partial charge >= 0.3 is 12.0 Å². The molecule has 6 nitrogen and oxygen atoms in total. The first-order valence-electron chi connectivity index (χ1n) is 6.05. The Kier molecular flexibility index (Phi) is 6.90. The minimum absolute atomic E-state index is 0.0303. The lowest BCUT2D eigenvalue weighted by Gasteiger charge is -2.10. The fourth-order valence-corrected chi connectivity index (χ4v) is 2.62. The van der Waals surface area contributed by atoms with Crippen molar-refractivity contribution in [2.75, 3.05) is 5.32 Å². The summed E-state index contributed by atoms with van der Waals surface area (Å²) >= 11 is 7.81. The largest absolute Gasteiger partial charge is 0.481 e. The number of hydrogen-bond donors (Lipinski definition) is 3. The van der Waals surface area contributed by atoms with Gasteiger partial charge in [-0.1, -0.05) is 18.5 Å². The maximum Gasteiger partial charge on any atom is 0.325 e. The van der Waals surface area contributed by atoms with Crippen LogP contribution < -0.4 is 10.6 Å². The zero-order valence-electron chi connectivity index (χ0n) is 11.2. The van der Waals surface area contributed by atoms with Gasteiger partial charge in [0.2, 0.25) is 5.91 Å². The summed E-state index contributed by atoms with van der Waals surface area (Å²) in [6.45, 7) is 1.63. The monoisotopic (exact) mass is 424 g/mol. The van der Waals surface area contributed by atoms with Gasteiger partial charge in [-0.05, 0) is 46.7 Å². The zero-order chi connectivity index (χ0) is 16.0. The molecule has 0 aromatic heterocycles. The van der Waals surface area contributed by atoms with Gasteiger partial charge in [0.05, 0.1) is 5.69 Å². The lowest BCUT2D eigenvalue weighted by molar-refractivity contribution is -0.138. The van der Waals surface area contributed by atoms with Crippen molar-refractivity contribution in [2.45, 2.75) is 19.8 Å². The van der Waals surface area contributed by atoms with Crippen LogP contribution in [0.5, 0.6) is 0 Å². The third-order valence-electron chi connectivity index (χ3n) is 2.49. The normalized spacial score (nSPS) is 11.6. The highest BCUT2D eigenvalue weighted by Crippen LogP contribution is 2.22. The second kappa shape index (κ2) is 8.18. The number of rotatable bonds is 5. The summed E-state index contributed by atoms with van der Waals surface area (Å²) < 4.78 is 0.738. The lowest BCUT2D eigenvalue weighted by Crippen LogP contribution is -2.35. The quantitative estimate of drug-likeness (QED) is 0.633. The molecule has 3 N–H and O–H groups in total. The molecule has 1 rings (SSSR count). The molecule has 8 heteroatoms. The van der Waals surface area contributed by atoms with Crippen LogP contribution >= 0.6 is 34.2 Å². The number of anilines is 1. The Balaban J connectivity index is 2.49. The minimum atomic E-state index is -0.976. The van der Waals surface area contributed by atoms with Crippen molar-refractivity contribution in [1.29, 1.82) is 0 Å². The van der Waals surface area contributed by atoms with Crippen LogP contribution in [0.1, 0.15) is 19.8 Å². The second-order valence-corrected chi connectivity index (χ2v) is 6.13. The number of carboxylic acids is 1. The predicted octanol–water partition coefficient (Wildman–Crippen LogP) is 3.09. The van der Waals surface area contributed by atoms with Crippen LogP contribution in [0, 0.1) is 9.49 Å². The summed E-state index contributed by atoms with van der Waals surface area (Å²) in [4.78, 5) is 33.8. The Bertz CT molecular complexity index is 565. The Morgan fingerprint density at radius 2 is 2.00 bits per heavy atom. The molecule has 0 fully saturated rings. The van der Waals surface area contributed by atoms with Gasteiger partial charge in [0.25, 0.3) is 0 Å². The van der Waals surface area contributed by atoms with Gasteiger partial charge in [-0.15, -0.1) is 0 Å². The number of amides is 3. The van der Waals surface area contributed by atoms with E-state index in [4.69, 9.17) is 16.7 Å². The average Bonchev–Trinajstić information content (AvgIpc) is 2.31. The van der Waals surface area contributed by atoms with Gasteiger partial charge in [0.15, 0.2) is 0 Å². The predicted molar refractivity (Wildman–Crippen MR) is 87.4 cm³/mol. The van der Waals surface area contributed by atoms with Gasteiger partial charge in [0, 0.05) is 21.4 Å². The first kappa shape index (κ1) is 17.7. The maximum atomic E-state index is 11.7. The summed E-state index contributed by atoms with van der Waals surface area (Å²) in [5.41, 5.74) is 0.531. The van der Waals surface area contributed by atoms with Crippen LogP contribution in [0.2, 0.25) is 5.02 Å².